The van der Waals surface area contributed by atoms with Gasteiger partial charge in [0.1, 0.15) is 21.6 Å². The highest BCUT2D eigenvalue weighted by Crippen LogP contribution is 2.37. The fraction of sp³-hybridized carbons (Fsp3) is 0.429. The summed E-state index contributed by atoms with van der Waals surface area (Å²) in [5, 5.41) is 15.1. The molecule has 4 rings (SSSR count). The van der Waals surface area contributed by atoms with Crippen LogP contribution in [0.25, 0.3) is 10.2 Å². The van der Waals surface area contributed by atoms with Gasteiger partial charge in [-0.1, -0.05) is 6.42 Å². The largest absolute Gasteiger partial charge is 0.317 e. The Bertz CT molecular complexity index is 1170. The van der Waals surface area contributed by atoms with Gasteiger partial charge in [0.25, 0.3) is 5.56 Å². The summed E-state index contributed by atoms with van der Waals surface area (Å²) >= 11 is 2.93. The standard InChI is InChI=1S/C21H23N5O2S2/c1-26(12-17-23-15-8-10-29-19(15)20(28)24-17)9-7-18(27)25-21-14(11-22)13-5-3-2-4-6-16(13)30-21/h8,10H,2-7,9,12H2,1H3,(H,25,27)(H,23,24,28). The minimum atomic E-state index is -0.127. The molecule has 1 aliphatic carbocycles. The fourth-order valence-electron chi connectivity index (χ4n) is 3.76. The number of H-pyrrole nitrogens is 1. The predicted octanol–water partition coefficient (Wildman–Crippen LogP) is 3.65. The lowest BCUT2D eigenvalue weighted by atomic mass is 10.1. The molecule has 30 heavy (non-hydrogen) atoms. The molecule has 0 aromatic carbocycles. The molecule has 156 valence electrons. The van der Waals surface area contributed by atoms with Gasteiger partial charge in [-0.3, -0.25) is 14.5 Å². The Labute approximate surface area is 182 Å². The summed E-state index contributed by atoms with van der Waals surface area (Å²) in [5.41, 5.74) is 2.35. The Hall–Kier alpha value is -2.54. The van der Waals surface area contributed by atoms with Crippen molar-refractivity contribution in [1.82, 2.24) is 14.9 Å². The zero-order chi connectivity index (χ0) is 21.1. The molecule has 1 amide bonds. The zero-order valence-electron chi connectivity index (χ0n) is 16.8. The molecule has 0 saturated carbocycles. The number of thiophene rings is 2. The first kappa shape index (κ1) is 20.7. The molecule has 0 atom stereocenters. The first-order chi connectivity index (χ1) is 14.5. The Morgan fingerprint density at radius 2 is 2.20 bits per heavy atom. The molecule has 0 spiro atoms. The summed E-state index contributed by atoms with van der Waals surface area (Å²) in [7, 11) is 1.89. The Balaban J connectivity index is 1.35. The fourth-order valence-corrected chi connectivity index (χ4v) is 5.74. The topological polar surface area (TPSA) is 102 Å². The minimum absolute atomic E-state index is 0.107. The summed E-state index contributed by atoms with van der Waals surface area (Å²) in [4.78, 5) is 35.1. The molecule has 3 aromatic rings. The van der Waals surface area contributed by atoms with Gasteiger partial charge < -0.3 is 10.3 Å². The van der Waals surface area contributed by atoms with Crippen LogP contribution in [0.5, 0.6) is 0 Å². The van der Waals surface area contributed by atoms with E-state index in [1.165, 1.54) is 22.6 Å². The van der Waals surface area contributed by atoms with Crippen LogP contribution in [0.4, 0.5) is 5.00 Å². The SMILES string of the molecule is CN(CCC(=O)Nc1sc2c(c1C#N)CCCCC2)Cc1nc2ccsc2c(=O)[nH]1. The number of nitriles is 1. The lowest BCUT2D eigenvalue weighted by Gasteiger charge is -2.15. The highest BCUT2D eigenvalue weighted by molar-refractivity contribution is 7.17. The molecule has 0 radical (unpaired) electrons. The van der Waals surface area contributed by atoms with Gasteiger partial charge in [0, 0.05) is 17.8 Å². The van der Waals surface area contributed by atoms with Crippen molar-refractivity contribution >= 4 is 43.8 Å². The van der Waals surface area contributed by atoms with E-state index in [9.17, 15) is 14.9 Å². The van der Waals surface area contributed by atoms with E-state index in [1.807, 2.05) is 23.4 Å². The first-order valence-corrected chi connectivity index (χ1v) is 11.7. The van der Waals surface area contributed by atoms with Crippen LogP contribution in [0.1, 0.15) is 47.5 Å². The van der Waals surface area contributed by atoms with E-state index < -0.39 is 0 Å². The second-order valence-electron chi connectivity index (χ2n) is 7.56. The van der Waals surface area contributed by atoms with Gasteiger partial charge in [-0.05, 0) is 49.7 Å². The van der Waals surface area contributed by atoms with Gasteiger partial charge in [-0.15, -0.1) is 22.7 Å². The molecule has 0 fully saturated rings. The quantitative estimate of drug-likeness (QED) is 0.569. The number of aryl methyl sites for hydroxylation is 1. The first-order valence-electron chi connectivity index (χ1n) is 10.0. The van der Waals surface area contributed by atoms with Crippen molar-refractivity contribution in [1.29, 1.82) is 5.26 Å². The van der Waals surface area contributed by atoms with Crippen LogP contribution in [-0.4, -0.2) is 34.4 Å². The summed E-state index contributed by atoms with van der Waals surface area (Å²) in [6, 6.07) is 4.13. The van der Waals surface area contributed by atoms with Gasteiger partial charge in [0.2, 0.25) is 5.91 Å². The lowest BCUT2D eigenvalue weighted by molar-refractivity contribution is -0.116. The van der Waals surface area contributed by atoms with Crippen LogP contribution in [0.15, 0.2) is 16.2 Å². The lowest BCUT2D eigenvalue weighted by Crippen LogP contribution is -2.26. The second kappa shape index (κ2) is 9.08. The van der Waals surface area contributed by atoms with Crippen molar-refractivity contribution in [2.75, 3.05) is 18.9 Å². The minimum Gasteiger partial charge on any atom is -0.317 e. The van der Waals surface area contributed by atoms with Crippen molar-refractivity contribution in [2.45, 2.75) is 45.1 Å². The molecule has 3 aromatic heterocycles. The van der Waals surface area contributed by atoms with E-state index in [0.717, 1.165) is 31.2 Å². The average Bonchev–Trinajstić information content (AvgIpc) is 3.24. The number of amides is 1. The molecule has 3 heterocycles. The van der Waals surface area contributed by atoms with Gasteiger partial charge in [0.05, 0.1) is 17.6 Å². The number of fused-ring (bicyclic) bond motifs is 2. The van der Waals surface area contributed by atoms with Crippen LogP contribution in [0, 0.1) is 11.3 Å². The zero-order valence-corrected chi connectivity index (χ0v) is 18.4. The van der Waals surface area contributed by atoms with E-state index in [1.54, 1.807) is 11.3 Å². The van der Waals surface area contributed by atoms with Crippen LogP contribution >= 0.6 is 22.7 Å². The molecule has 0 aliphatic heterocycles. The van der Waals surface area contributed by atoms with Crippen molar-refractivity contribution in [2.24, 2.45) is 0 Å². The van der Waals surface area contributed by atoms with E-state index in [-0.39, 0.29) is 11.5 Å². The summed E-state index contributed by atoms with van der Waals surface area (Å²) in [5.74, 6) is 0.479. The Morgan fingerprint density at radius 1 is 1.37 bits per heavy atom. The maximum absolute atomic E-state index is 12.5. The van der Waals surface area contributed by atoms with Crippen molar-refractivity contribution in [3.63, 3.8) is 0 Å². The van der Waals surface area contributed by atoms with E-state index in [4.69, 9.17) is 0 Å². The van der Waals surface area contributed by atoms with Gasteiger partial charge in [-0.2, -0.15) is 5.26 Å². The number of hydrogen-bond acceptors (Lipinski definition) is 7. The Kier molecular flexibility index (Phi) is 6.27. The molecule has 9 heteroatoms. The van der Waals surface area contributed by atoms with E-state index in [0.29, 0.717) is 46.1 Å². The van der Waals surface area contributed by atoms with E-state index in [2.05, 4.69) is 21.4 Å². The number of anilines is 1. The predicted molar refractivity (Wildman–Crippen MR) is 120 cm³/mol. The molecule has 1 aliphatic rings. The third kappa shape index (κ3) is 4.46. The monoisotopic (exact) mass is 441 g/mol. The van der Waals surface area contributed by atoms with Crippen molar-refractivity contribution < 1.29 is 4.79 Å². The maximum Gasteiger partial charge on any atom is 0.268 e. The second-order valence-corrected chi connectivity index (χ2v) is 9.59. The molecular formula is C21H23N5O2S2. The number of nitrogens with one attached hydrogen (secondary N) is 2. The Morgan fingerprint density at radius 3 is 3.03 bits per heavy atom. The van der Waals surface area contributed by atoms with Crippen molar-refractivity contribution in [3.8, 4) is 6.07 Å². The van der Waals surface area contributed by atoms with E-state index >= 15 is 0 Å². The molecule has 7 nitrogen and oxygen atoms in total. The third-order valence-electron chi connectivity index (χ3n) is 5.29. The number of aromatic nitrogens is 2. The number of rotatable bonds is 6. The number of carbonyl (C=O) groups excluding carboxylic acids is 1. The highest BCUT2D eigenvalue weighted by atomic mass is 32.1. The summed E-state index contributed by atoms with van der Waals surface area (Å²) < 4.78 is 0.628. The molecule has 0 bridgehead atoms. The van der Waals surface area contributed by atoms with Crippen molar-refractivity contribution in [3.05, 3.63) is 43.6 Å². The number of carbonyl (C=O) groups is 1. The number of hydrogen-bond donors (Lipinski definition) is 2. The smallest absolute Gasteiger partial charge is 0.268 e. The third-order valence-corrected chi connectivity index (χ3v) is 7.40. The van der Waals surface area contributed by atoms with Crippen LogP contribution < -0.4 is 10.9 Å². The molecular weight excluding hydrogens is 418 g/mol. The normalized spacial score (nSPS) is 13.8. The number of nitrogens with zero attached hydrogens (tertiary/aromatic N) is 3. The summed E-state index contributed by atoms with van der Waals surface area (Å²) in [6.45, 7) is 0.968. The average molecular weight is 442 g/mol. The summed E-state index contributed by atoms with van der Waals surface area (Å²) in [6.07, 6.45) is 5.66. The maximum atomic E-state index is 12.5. The van der Waals surface area contributed by atoms with Crippen LogP contribution in [0.2, 0.25) is 0 Å². The van der Waals surface area contributed by atoms with Crippen LogP contribution in [-0.2, 0) is 24.2 Å². The van der Waals surface area contributed by atoms with Crippen LogP contribution in [0.3, 0.4) is 0 Å². The molecule has 0 unspecified atom stereocenters. The van der Waals surface area contributed by atoms with Gasteiger partial charge in [-0.25, -0.2) is 4.98 Å². The van der Waals surface area contributed by atoms with Gasteiger partial charge >= 0.3 is 0 Å². The molecule has 2 N–H and O–H groups in total. The number of aromatic amines is 1. The highest BCUT2D eigenvalue weighted by Gasteiger charge is 2.21. The van der Waals surface area contributed by atoms with Gasteiger partial charge in [0.15, 0.2) is 0 Å². The molecule has 0 saturated heterocycles.